The first-order valence-corrected chi connectivity index (χ1v) is 5.55. The fourth-order valence-electron chi connectivity index (χ4n) is 1.57. The van der Waals surface area contributed by atoms with E-state index in [0.717, 1.165) is 19.5 Å². The lowest BCUT2D eigenvalue weighted by Gasteiger charge is -2.26. The van der Waals surface area contributed by atoms with Crippen LogP contribution in [0.4, 0.5) is 0 Å². The fraction of sp³-hybridized carbons (Fsp3) is 0.909. The van der Waals surface area contributed by atoms with Gasteiger partial charge >= 0.3 is 0 Å². The summed E-state index contributed by atoms with van der Waals surface area (Å²) >= 11 is 0. The van der Waals surface area contributed by atoms with Crippen LogP contribution in [-0.4, -0.2) is 38.3 Å². The molecule has 1 heterocycles. The molecule has 0 aromatic heterocycles. The third kappa shape index (κ3) is 2.92. The molecule has 0 saturated carbocycles. The van der Waals surface area contributed by atoms with Crippen molar-refractivity contribution >= 4 is 5.91 Å². The highest BCUT2D eigenvalue weighted by Crippen LogP contribution is 2.20. The Hall–Kier alpha value is -0.610. The molecule has 0 unspecified atom stereocenters. The van der Waals surface area contributed by atoms with Gasteiger partial charge in [-0.25, -0.2) is 0 Å². The van der Waals surface area contributed by atoms with Gasteiger partial charge in [0.05, 0.1) is 12.1 Å². The van der Waals surface area contributed by atoms with Crippen molar-refractivity contribution in [3.8, 4) is 0 Å². The van der Waals surface area contributed by atoms with Gasteiger partial charge in [0.2, 0.25) is 5.91 Å². The second-order valence-electron chi connectivity index (χ2n) is 4.75. The average Bonchev–Trinajstić information content (AvgIpc) is 2.65. The molecule has 0 bridgehead atoms. The summed E-state index contributed by atoms with van der Waals surface area (Å²) in [5, 5.41) is 6.25. The standard InChI is InChI=1S/C11H22N2O2/c1-5-11(2,3)10(14)13-8-6-12-7-9(8)15-4/h8-9,12H,5-7H2,1-4H3,(H,13,14)/t8-,9-/m1/s1. The zero-order valence-corrected chi connectivity index (χ0v) is 10.1. The van der Waals surface area contributed by atoms with E-state index in [9.17, 15) is 4.79 Å². The van der Waals surface area contributed by atoms with Gasteiger partial charge in [0.25, 0.3) is 0 Å². The van der Waals surface area contributed by atoms with Crippen molar-refractivity contribution in [2.75, 3.05) is 20.2 Å². The molecule has 4 nitrogen and oxygen atoms in total. The highest BCUT2D eigenvalue weighted by molar-refractivity contribution is 5.82. The third-order valence-electron chi connectivity index (χ3n) is 3.28. The fourth-order valence-corrected chi connectivity index (χ4v) is 1.57. The summed E-state index contributed by atoms with van der Waals surface area (Å²) in [4.78, 5) is 11.9. The van der Waals surface area contributed by atoms with Crippen LogP contribution in [0.25, 0.3) is 0 Å². The maximum atomic E-state index is 11.9. The van der Waals surface area contributed by atoms with Crippen LogP contribution in [0.2, 0.25) is 0 Å². The number of nitrogens with one attached hydrogen (secondary N) is 2. The normalized spacial score (nSPS) is 26.7. The summed E-state index contributed by atoms with van der Waals surface area (Å²) in [7, 11) is 1.68. The number of hydrogen-bond donors (Lipinski definition) is 2. The molecule has 0 aliphatic carbocycles. The molecule has 1 aliphatic rings. The van der Waals surface area contributed by atoms with Gasteiger partial charge < -0.3 is 15.4 Å². The van der Waals surface area contributed by atoms with Gasteiger partial charge in [0.1, 0.15) is 0 Å². The van der Waals surface area contributed by atoms with Crippen molar-refractivity contribution in [3.05, 3.63) is 0 Å². The zero-order valence-electron chi connectivity index (χ0n) is 10.1. The van der Waals surface area contributed by atoms with Crippen molar-refractivity contribution in [1.82, 2.24) is 10.6 Å². The molecule has 0 spiro atoms. The molecule has 1 saturated heterocycles. The molecular weight excluding hydrogens is 192 g/mol. The molecule has 1 amide bonds. The minimum Gasteiger partial charge on any atom is -0.378 e. The van der Waals surface area contributed by atoms with Crippen LogP contribution >= 0.6 is 0 Å². The van der Waals surface area contributed by atoms with Crippen molar-refractivity contribution in [3.63, 3.8) is 0 Å². The van der Waals surface area contributed by atoms with Gasteiger partial charge in [-0.3, -0.25) is 4.79 Å². The minimum absolute atomic E-state index is 0.0987. The molecule has 1 rings (SSSR count). The molecule has 15 heavy (non-hydrogen) atoms. The van der Waals surface area contributed by atoms with Crippen LogP contribution in [0.3, 0.4) is 0 Å². The zero-order chi connectivity index (χ0) is 11.5. The Kier molecular flexibility index (Phi) is 4.11. The smallest absolute Gasteiger partial charge is 0.225 e. The summed E-state index contributed by atoms with van der Waals surface area (Å²) in [6.45, 7) is 7.57. The second kappa shape index (κ2) is 4.94. The number of hydrogen-bond acceptors (Lipinski definition) is 3. The van der Waals surface area contributed by atoms with Crippen LogP contribution in [0.1, 0.15) is 27.2 Å². The number of ether oxygens (including phenoxy) is 1. The second-order valence-corrected chi connectivity index (χ2v) is 4.75. The lowest BCUT2D eigenvalue weighted by molar-refractivity contribution is -0.130. The van der Waals surface area contributed by atoms with E-state index < -0.39 is 0 Å². The Balaban J connectivity index is 2.51. The Morgan fingerprint density at radius 1 is 1.53 bits per heavy atom. The van der Waals surface area contributed by atoms with Gasteiger partial charge in [-0.1, -0.05) is 20.8 Å². The first-order chi connectivity index (χ1) is 7.01. The van der Waals surface area contributed by atoms with Gasteiger partial charge in [-0.15, -0.1) is 0 Å². The van der Waals surface area contributed by atoms with E-state index in [-0.39, 0.29) is 23.5 Å². The molecule has 88 valence electrons. The largest absolute Gasteiger partial charge is 0.378 e. The highest BCUT2D eigenvalue weighted by Gasteiger charge is 2.32. The molecule has 0 aromatic rings. The number of carbonyl (C=O) groups excluding carboxylic acids is 1. The Morgan fingerprint density at radius 3 is 2.73 bits per heavy atom. The van der Waals surface area contributed by atoms with Crippen LogP contribution in [0, 0.1) is 5.41 Å². The van der Waals surface area contributed by atoms with Crippen molar-refractivity contribution in [2.45, 2.75) is 39.3 Å². The maximum absolute atomic E-state index is 11.9. The van der Waals surface area contributed by atoms with E-state index in [0.29, 0.717) is 0 Å². The van der Waals surface area contributed by atoms with Gasteiger partial charge in [0.15, 0.2) is 0 Å². The monoisotopic (exact) mass is 214 g/mol. The summed E-state index contributed by atoms with van der Waals surface area (Å²) in [5.41, 5.74) is -0.291. The highest BCUT2D eigenvalue weighted by atomic mass is 16.5. The van der Waals surface area contributed by atoms with E-state index in [1.54, 1.807) is 7.11 Å². The lowest BCUT2D eigenvalue weighted by Crippen LogP contribution is -2.48. The number of methoxy groups -OCH3 is 1. The molecule has 2 atom stereocenters. The molecule has 0 aromatic carbocycles. The Morgan fingerprint density at radius 2 is 2.20 bits per heavy atom. The lowest BCUT2D eigenvalue weighted by atomic mass is 9.89. The van der Waals surface area contributed by atoms with Crippen LogP contribution in [0.15, 0.2) is 0 Å². The SMILES string of the molecule is CCC(C)(C)C(=O)N[C@@H]1CNC[C@H]1OC. The molecule has 1 fully saturated rings. The minimum atomic E-state index is -0.291. The van der Waals surface area contributed by atoms with E-state index in [1.807, 2.05) is 20.8 Å². The first-order valence-electron chi connectivity index (χ1n) is 5.55. The molecule has 4 heteroatoms. The van der Waals surface area contributed by atoms with Gasteiger partial charge in [-0.2, -0.15) is 0 Å². The van der Waals surface area contributed by atoms with Crippen LogP contribution in [-0.2, 0) is 9.53 Å². The van der Waals surface area contributed by atoms with Crippen LogP contribution in [0.5, 0.6) is 0 Å². The molecule has 2 N–H and O–H groups in total. The van der Waals surface area contributed by atoms with E-state index in [1.165, 1.54) is 0 Å². The summed E-state index contributed by atoms with van der Waals surface area (Å²) in [5.74, 6) is 0.112. The van der Waals surface area contributed by atoms with E-state index >= 15 is 0 Å². The van der Waals surface area contributed by atoms with Crippen molar-refractivity contribution in [1.29, 1.82) is 0 Å². The first kappa shape index (κ1) is 12.5. The third-order valence-corrected chi connectivity index (χ3v) is 3.28. The Bertz CT molecular complexity index is 229. The molecule has 1 aliphatic heterocycles. The van der Waals surface area contributed by atoms with E-state index in [2.05, 4.69) is 10.6 Å². The van der Waals surface area contributed by atoms with Gasteiger partial charge in [0, 0.05) is 25.6 Å². The summed E-state index contributed by atoms with van der Waals surface area (Å²) < 4.78 is 5.29. The van der Waals surface area contributed by atoms with Crippen LogP contribution < -0.4 is 10.6 Å². The summed E-state index contributed by atoms with van der Waals surface area (Å²) in [6.07, 6.45) is 0.943. The van der Waals surface area contributed by atoms with E-state index in [4.69, 9.17) is 4.74 Å². The van der Waals surface area contributed by atoms with Gasteiger partial charge in [-0.05, 0) is 6.42 Å². The predicted molar refractivity (Wildman–Crippen MR) is 59.7 cm³/mol. The summed E-state index contributed by atoms with van der Waals surface area (Å²) in [6, 6.07) is 0.105. The van der Waals surface area contributed by atoms with Crippen molar-refractivity contribution < 1.29 is 9.53 Å². The predicted octanol–water partition coefficient (Wildman–Crippen LogP) is 0.526. The Labute approximate surface area is 91.8 Å². The molecular formula is C11H22N2O2. The number of amides is 1. The molecule has 0 radical (unpaired) electrons. The maximum Gasteiger partial charge on any atom is 0.225 e. The topological polar surface area (TPSA) is 50.4 Å². The number of carbonyl (C=O) groups is 1. The average molecular weight is 214 g/mol. The van der Waals surface area contributed by atoms with Crippen molar-refractivity contribution in [2.24, 2.45) is 5.41 Å². The quantitative estimate of drug-likeness (QED) is 0.717. The number of rotatable bonds is 4.